The van der Waals surface area contributed by atoms with Gasteiger partial charge in [0, 0.05) is 13.1 Å². The quantitative estimate of drug-likeness (QED) is 0.404. The third-order valence-corrected chi connectivity index (χ3v) is 4.26. The van der Waals surface area contributed by atoms with Crippen LogP contribution in [0.1, 0.15) is 40.1 Å². The molecule has 1 amide bonds. The van der Waals surface area contributed by atoms with Crippen molar-refractivity contribution in [3.8, 4) is 11.5 Å². The molecule has 1 N–H and O–H groups in total. The highest BCUT2D eigenvalue weighted by atomic mass is 19.1. The molecule has 0 atom stereocenters. The van der Waals surface area contributed by atoms with Gasteiger partial charge in [0.25, 0.3) is 5.91 Å². The molecule has 0 unspecified atom stereocenters. The zero-order valence-corrected chi connectivity index (χ0v) is 18.0. The maximum atomic E-state index is 13.4. The Morgan fingerprint density at radius 3 is 2.55 bits per heavy atom. The van der Waals surface area contributed by atoms with Crippen LogP contribution in [0.5, 0.6) is 11.5 Å². The van der Waals surface area contributed by atoms with Crippen LogP contribution in [0.15, 0.2) is 60.8 Å². The van der Waals surface area contributed by atoms with E-state index in [-0.39, 0.29) is 41.7 Å². The van der Waals surface area contributed by atoms with Gasteiger partial charge in [-0.05, 0) is 55.0 Å². The largest absolute Gasteiger partial charge is 0.489 e. The minimum Gasteiger partial charge on any atom is -0.489 e. The lowest BCUT2D eigenvalue weighted by Crippen LogP contribution is -2.16. The highest BCUT2D eigenvalue weighted by Crippen LogP contribution is 2.26. The average molecular weight is 452 g/mol. The number of nitrogens with zero attached hydrogens (tertiary/aromatic N) is 1. The van der Waals surface area contributed by atoms with E-state index in [9.17, 15) is 18.8 Å². The molecule has 0 aliphatic heterocycles. The van der Waals surface area contributed by atoms with Crippen molar-refractivity contribution in [1.82, 2.24) is 4.98 Å². The molecule has 0 fully saturated rings. The smallest absolute Gasteiger partial charge is 0.339 e. The maximum Gasteiger partial charge on any atom is 0.339 e. The van der Waals surface area contributed by atoms with E-state index in [1.807, 2.05) is 0 Å². The Labute approximate surface area is 189 Å². The summed E-state index contributed by atoms with van der Waals surface area (Å²) in [5.74, 6) is -1.61. The average Bonchev–Trinajstić information content (AvgIpc) is 2.78. The van der Waals surface area contributed by atoms with Gasteiger partial charge in [-0.3, -0.25) is 9.59 Å². The zero-order chi connectivity index (χ0) is 23.8. The van der Waals surface area contributed by atoms with Crippen molar-refractivity contribution in [2.24, 2.45) is 0 Å². The molecule has 33 heavy (non-hydrogen) atoms. The Bertz CT molecular complexity index is 1160. The van der Waals surface area contributed by atoms with Crippen molar-refractivity contribution in [1.29, 1.82) is 0 Å². The topological polar surface area (TPSA) is 104 Å². The molecule has 2 aromatic carbocycles. The van der Waals surface area contributed by atoms with Gasteiger partial charge in [-0.2, -0.15) is 0 Å². The molecule has 0 radical (unpaired) electrons. The van der Waals surface area contributed by atoms with E-state index in [4.69, 9.17) is 14.2 Å². The Kier molecular flexibility index (Phi) is 7.69. The molecule has 0 spiro atoms. The van der Waals surface area contributed by atoms with Crippen LogP contribution in [-0.4, -0.2) is 29.4 Å². The van der Waals surface area contributed by atoms with Gasteiger partial charge < -0.3 is 19.5 Å². The number of amides is 1. The highest BCUT2D eigenvalue weighted by Gasteiger charge is 2.17. The normalized spacial score (nSPS) is 10.3. The monoisotopic (exact) mass is 452 g/mol. The van der Waals surface area contributed by atoms with Crippen molar-refractivity contribution >= 4 is 23.7 Å². The van der Waals surface area contributed by atoms with E-state index in [2.05, 4.69) is 10.3 Å². The molecule has 0 saturated carbocycles. The first kappa shape index (κ1) is 23.4. The number of nitrogens with one attached hydrogen (secondary N) is 1. The first-order chi connectivity index (χ1) is 15.9. The summed E-state index contributed by atoms with van der Waals surface area (Å²) in [6, 6.07) is 13.2. The second-order valence-electron chi connectivity index (χ2n) is 6.78. The SMILES string of the molecule is CCOC(=O)c1ccc(NC(=O)c2cc(OCc3cccc(F)c3)ccc2OC(C)=O)nc1. The van der Waals surface area contributed by atoms with E-state index >= 15 is 0 Å². The number of esters is 2. The Morgan fingerprint density at radius 2 is 1.88 bits per heavy atom. The second kappa shape index (κ2) is 10.9. The van der Waals surface area contributed by atoms with Crippen LogP contribution < -0.4 is 14.8 Å². The molecule has 0 aliphatic rings. The summed E-state index contributed by atoms with van der Waals surface area (Å²) in [5, 5.41) is 2.58. The van der Waals surface area contributed by atoms with E-state index in [1.54, 1.807) is 19.1 Å². The summed E-state index contributed by atoms with van der Waals surface area (Å²) in [6.07, 6.45) is 1.28. The van der Waals surface area contributed by atoms with Gasteiger partial charge in [-0.15, -0.1) is 0 Å². The van der Waals surface area contributed by atoms with Crippen LogP contribution in [0.4, 0.5) is 10.2 Å². The van der Waals surface area contributed by atoms with Gasteiger partial charge in [-0.1, -0.05) is 12.1 Å². The third-order valence-electron chi connectivity index (χ3n) is 4.26. The molecule has 0 aliphatic carbocycles. The molecule has 1 heterocycles. The lowest BCUT2D eigenvalue weighted by molar-refractivity contribution is -0.131. The fourth-order valence-corrected chi connectivity index (χ4v) is 2.80. The third kappa shape index (κ3) is 6.60. The maximum absolute atomic E-state index is 13.4. The van der Waals surface area contributed by atoms with Gasteiger partial charge in [0.1, 0.15) is 29.7 Å². The summed E-state index contributed by atoms with van der Waals surface area (Å²) >= 11 is 0. The van der Waals surface area contributed by atoms with Crippen LogP contribution in [0.2, 0.25) is 0 Å². The molecule has 3 rings (SSSR count). The molecule has 170 valence electrons. The fraction of sp³-hybridized carbons (Fsp3) is 0.167. The van der Waals surface area contributed by atoms with Crippen molar-refractivity contribution in [2.45, 2.75) is 20.5 Å². The predicted molar refractivity (Wildman–Crippen MR) is 117 cm³/mol. The number of carbonyl (C=O) groups excluding carboxylic acids is 3. The molecule has 0 saturated heterocycles. The number of ether oxygens (including phenoxy) is 3. The fourth-order valence-electron chi connectivity index (χ4n) is 2.80. The van der Waals surface area contributed by atoms with Crippen LogP contribution in [0.25, 0.3) is 0 Å². The minimum atomic E-state index is -0.612. The number of hydrogen-bond donors (Lipinski definition) is 1. The van der Waals surface area contributed by atoms with Crippen molar-refractivity contribution in [2.75, 3.05) is 11.9 Å². The van der Waals surface area contributed by atoms with Crippen molar-refractivity contribution < 1.29 is 33.0 Å². The van der Waals surface area contributed by atoms with Crippen LogP contribution in [-0.2, 0) is 16.1 Å². The van der Waals surface area contributed by atoms with E-state index in [0.717, 1.165) is 0 Å². The second-order valence-corrected chi connectivity index (χ2v) is 6.78. The van der Waals surface area contributed by atoms with Crippen molar-refractivity contribution in [3.63, 3.8) is 0 Å². The first-order valence-corrected chi connectivity index (χ1v) is 10.00. The number of carbonyl (C=O) groups is 3. The van der Waals surface area contributed by atoms with Crippen LogP contribution in [0.3, 0.4) is 0 Å². The number of aromatic nitrogens is 1. The summed E-state index contributed by atoms with van der Waals surface area (Å²) in [6.45, 7) is 3.21. The molecule has 8 nitrogen and oxygen atoms in total. The van der Waals surface area contributed by atoms with Gasteiger partial charge in [0.2, 0.25) is 0 Å². The molecule has 0 bridgehead atoms. The molecular weight excluding hydrogens is 431 g/mol. The number of pyridine rings is 1. The number of anilines is 1. The number of hydrogen-bond acceptors (Lipinski definition) is 7. The summed E-state index contributed by atoms with van der Waals surface area (Å²) in [4.78, 5) is 40.1. The van der Waals surface area contributed by atoms with E-state index < -0.39 is 17.8 Å². The highest BCUT2D eigenvalue weighted by molar-refractivity contribution is 6.06. The molecule has 9 heteroatoms. The first-order valence-electron chi connectivity index (χ1n) is 10.00. The Hall–Kier alpha value is -4.27. The van der Waals surface area contributed by atoms with Crippen molar-refractivity contribution in [3.05, 3.63) is 83.3 Å². The number of benzene rings is 2. The minimum absolute atomic E-state index is 0.0261. The number of rotatable bonds is 8. The van der Waals surface area contributed by atoms with Gasteiger partial charge in [0.15, 0.2) is 0 Å². The lowest BCUT2D eigenvalue weighted by Gasteiger charge is -2.12. The van der Waals surface area contributed by atoms with Gasteiger partial charge in [0.05, 0.1) is 17.7 Å². The van der Waals surface area contributed by atoms with E-state index in [0.29, 0.717) is 11.3 Å². The summed E-state index contributed by atoms with van der Waals surface area (Å²) in [7, 11) is 0. The molecular formula is C24H21FN2O6. The Morgan fingerprint density at radius 1 is 1.06 bits per heavy atom. The molecule has 3 aromatic rings. The lowest BCUT2D eigenvalue weighted by atomic mass is 10.1. The molecule has 1 aromatic heterocycles. The van der Waals surface area contributed by atoms with Crippen LogP contribution in [0, 0.1) is 5.82 Å². The summed E-state index contributed by atoms with van der Waals surface area (Å²) < 4.78 is 29.0. The van der Waals surface area contributed by atoms with E-state index in [1.165, 1.54) is 55.6 Å². The van der Waals surface area contributed by atoms with Gasteiger partial charge in [-0.25, -0.2) is 14.2 Å². The van der Waals surface area contributed by atoms with Crippen LogP contribution >= 0.6 is 0 Å². The summed E-state index contributed by atoms with van der Waals surface area (Å²) in [5.41, 5.74) is 0.873. The standard InChI is InChI=1S/C24H21FN2O6/c1-3-31-24(30)17-7-10-22(26-13-17)27-23(29)20-12-19(8-9-21(20)33-15(2)28)32-14-16-5-4-6-18(25)11-16/h4-13H,3,14H2,1-2H3,(H,26,27,29). The van der Waals surface area contributed by atoms with Gasteiger partial charge >= 0.3 is 11.9 Å². The Balaban J connectivity index is 1.78. The predicted octanol–water partition coefficient (Wildman–Crippen LogP) is 4.15. The zero-order valence-electron chi connectivity index (χ0n) is 18.0. The number of halogens is 1.